The smallest absolute Gasteiger partial charge is 0.225 e. The van der Waals surface area contributed by atoms with Gasteiger partial charge in [-0.1, -0.05) is 12.1 Å². The van der Waals surface area contributed by atoms with E-state index in [2.05, 4.69) is 5.32 Å². The number of rotatable bonds is 7. The molecule has 0 bridgehead atoms. The van der Waals surface area contributed by atoms with Crippen molar-refractivity contribution in [3.05, 3.63) is 35.6 Å². The van der Waals surface area contributed by atoms with Gasteiger partial charge in [-0.15, -0.1) is 0 Å². The molecule has 1 heterocycles. The minimum Gasteiger partial charge on any atom is -0.383 e. The molecule has 1 aliphatic rings. The van der Waals surface area contributed by atoms with Gasteiger partial charge in [0.05, 0.1) is 12.5 Å². The van der Waals surface area contributed by atoms with Gasteiger partial charge in [-0.05, 0) is 31.0 Å². The van der Waals surface area contributed by atoms with Gasteiger partial charge in [-0.2, -0.15) is 0 Å². The molecule has 1 saturated heterocycles. The van der Waals surface area contributed by atoms with Crippen LogP contribution >= 0.6 is 0 Å². The van der Waals surface area contributed by atoms with Gasteiger partial charge in [0.1, 0.15) is 5.82 Å². The first-order valence-electron chi connectivity index (χ1n) is 7.81. The molecule has 2 atom stereocenters. The molecule has 1 aliphatic heterocycles. The molecule has 1 aromatic rings. The van der Waals surface area contributed by atoms with E-state index in [1.165, 1.54) is 12.1 Å². The minimum absolute atomic E-state index is 0.00773. The number of carbonyl (C=O) groups is 2. The van der Waals surface area contributed by atoms with Crippen molar-refractivity contribution in [3.8, 4) is 0 Å². The number of hydrogen-bond acceptors (Lipinski definition) is 3. The van der Waals surface area contributed by atoms with Crippen molar-refractivity contribution in [1.82, 2.24) is 10.2 Å². The molecule has 2 amide bonds. The summed E-state index contributed by atoms with van der Waals surface area (Å²) in [4.78, 5) is 25.9. The van der Waals surface area contributed by atoms with E-state index in [0.29, 0.717) is 26.1 Å². The largest absolute Gasteiger partial charge is 0.383 e. The third kappa shape index (κ3) is 5.03. The van der Waals surface area contributed by atoms with Gasteiger partial charge in [0.2, 0.25) is 11.8 Å². The maximum absolute atomic E-state index is 12.9. The Labute approximate surface area is 135 Å². The van der Waals surface area contributed by atoms with E-state index >= 15 is 0 Å². The highest BCUT2D eigenvalue weighted by Crippen LogP contribution is 2.18. The molecule has 2 rings (SSSR count). The summed E-state index contributed by atoms with van der Waals surface area (Å²) in [6.07, 6.45) is 0.898. The number of benzene rings is 1. The number of ether oxygens (including phenoxy) is 1. The SMILES string of the molecule is COC[C@@H](C)NC(=O)[C@H]1CC(=O)N(CCc2ccc(F)cc2)C1. The Morgan fingerprint density at radius 1 is 1.43 bits per heavy atom. The third-order valence-electron chi connectivity index (χ3n) is 3.97. The molecular formula is C17H23FN2O3. The molecule has 0 aliphatic carbocycles. The van der Waals surface area contributed by atoms with Crippen LogP contribution in [-0.2, 0) is 20.7 Å². The lowest BCUT2D eigenvalue weighted by Crippen LogP contribution is -2.40. The zero-order valence-corrected chi connectivity index (χ0v) is 13.5. The summed E-state index contributed by atoms with van der Waals surface area (Å²) < 4.78 is 17.9. The second-order valence-corrected chi connectivity index (χ2v) is 5.98. The number of nitrogens with one attached hydrogen (secondary N) is 1. The van der Waals surface area contributed by atoms with E-state index in [4.69, 9.17) is 4.74 Å². The van der Waals surface area contributed by atoms with Crippen LogP contribution < -0.4 is 5.32 Å². The number of nitrogens with zero attached hydrogens (tertiary/aromatic N) is 1. The van der Waals surface area contributed by atoms with Crippen molar-refractivity contribution in [2.45, 2.75) is 25.8 Å². The van der Waals surface area contributed by atoms with E-state index < -0.39 is 0 Å². The van der Waals surface area contributed by atoms with Crippen LogP contribution in [0.4, 0.5) is 4.39 Å². The van der Waals surface area contributed by atoms with Crippen LogP contribution in [0.2, 0.25) is 0 Å². The zero-order chi connectivity index (χ0) is 16.8. The lowest BCUT2D eigenvalue weighted by atomic mass is 10.1. The Morgan fingerprint density at radius 3 is 2.78 bits per heavy atom. The maximum atomic E-state index is 12.9. The molecule has 0 unspecified atom stereocenters. The standard InChI is InChI=1S/C17H23FN2O3/c1-12(11-23-2)19-17(22)14-9-16(21)20(10-14)8-7-13-3-5-15(18)6-4-13/h3-6,12,14H,7-11H2,1-2H3,(H,19,22)/t12-,14+/m1/s1. The molecule has 1 aromatic carbocycles. The average Bonchev–Trinajstić information content (AvgIpc) is 2.88. The van der Waals surface area contributed by atoms with Crippen molar-refractivity contribution in [3.63, 3.8) is 0 Å². The molecule has 0 radical (unpaired) electrons. The first kappa shape index (κ1) is 17.4. The third-order valence-corrected chi connectivity index (χ3v) is 3.97. The van der Waals surface area contributed by atoms with Crippen LogP contribution in [0.5, 0.6) is 0 Å². The predicted molar refractivity (Wildman–Crippen MR) is 84.3 cm³/mol. The maximum Gasteiger partial charge on any atom is 0.225 e. The number of methoxy groups -OCH3 is 1. The second kappa shape index (κ2) is 8.06. The van der Waals surface area contributed by atoms with Gasteiger partial charge in [0, 0.05) is 32.7 Å². The summed E-state index contributed by atoms with van der Waals surface area (Å²) in [5.74, 6) is -0.693. The lowest BCUT2D eigenvalue weighted by molar-refractivity contribution is -0.129. The molecule has 0 spiro atoms. The molecule has 126 valence electrons. The number of likely N-dealkylation sites (tertiary alicyclic amines) is 1. The Hall–Kier alpha value is -1.95. The fourth-order valence-electron chi connectivity index (χ4n) is 2.73. The first-order valence-corrected chi connectivity index (χ1v) is 7.81. The fraction of sp³-hybridized carbons (Fsp3) is 0.529. The van der Waals surface area contributed by atoms with Gasteiger partial charge >= 0.3 is 0 Å². The summed E-state index contributed by atoms with van der Waals surface area (Å²) in [6.45, 7) is 3.29. The summed E-state index contributed by atoms with van der Waals surface area (Å²) in [7, 11) is 1.58. The van der Waals surface area contributed by atoms with E-state index in [1.807, 2.05) is 6.92 Å². The normalized spacial score (nSPS) is 19.0. The molecule has 23 heavy (non-hydrogen) atoms. The van der Waals surface area contributed by atoms with Crippen molar-refractivity contribution in [1.29, 1.82) is 0 Å². The second-order valence-electron chi connectivity index (χ2n) is 5.98. The van der Waals surface area contributed by atoms with E-state index in [9.17, 15) is 14.0 Å². The fourth-order valence-corrected chi connectivity index (χ4v) is 2.73. The van der Waals surface area contributed by atoms with Crippen LogP contribution in [-0.4, -0.2) is 49.6 Å². The lowest BCUT2D eigenvalue weighted by Gasteiger charge is -2.18. The van der Waals surface area contributed by atoms with Crippen LogP contribution in [0.25, 0.3) is 0 Å². The van der Waals surface area contributed by atoms with Crippen molar-refractivity contribution in [2.75, 3.05) is 26.8 Å². The van der Waals surface area contributed by atoms with Gasteiger partial charge in [-0.3, -0.25) is 9.59 Å². The molecule has 6 heteroatoms. The Morgan fingerprint density at radius 2 is 2.13 bits per heavy atom. The predicted octanol–water partition coefficient (Wildman–Crippen LogP) is 1.37. The van der Waals surface area contributed by atoms with Crippen LogP contribution in [0.1, 0.15) is 18.9 Å². The average molecular weight is 322 g/mol. The number of halogens is 1. The molecule has 0 aromatic heterocycles. The van der Waals surface area contributed by atoms with E-state index in [-0.39, 0.29) is 36.0 Å². The molecule has 0 saturated carbocycles. The zero-order valence-electron chi connectivity index (χ0n) is 13.5. The summed E-state index contributed by atoms with van der Waals surface area (Å²) >= 11 is 0. The molecule has 5 nitrogen and oxygen atoms in total. The number of hydrogen-bond donors (Lipinski definition) is 1. The summed E-state index contributed by atoms with van der Waals surface area (Å²) in [5, 5.41) is 2.86. The van der Waals surface area contributed by atoms with Gasteiger partial charge in [0.15, 0.2) is 0 Å². The Balaban J connectivity index is 1.82. The van der Waals surface area contributed by atoms with E-state index in [1.54, 1.807) is 24.1 Å². The quantitative estimate of drug-likeness (QED) is 0.825. The summed E-state index contributed by atoms with van der Waals surface area (Å²) in [5.41, 5.74) is 0.973. The minimum atomic E-state index is -0.310. The molecular weight excluding hydrogens is 299 g/mol. The van der Waals surface area contributed by atoms with Crippen LogP contribution in [0, 0.1) is 11.7 Å². The molecule has 1 fully saturated rings. The first-order chi connectivity index (χ1) is 11.0. The number of carbonyl (C=O) groups excluding carboxylic acids is 2. The highest BCUT2D eigenvalue weighted by molar-refractivity contribution is 5.89. The van der Waals surface area contributed by atoms with Gasteiger partial charge in [0.25, 0.3) is 0 Å². The van der Waals surface area contributed by atoms with Crippen molar-refractivity contribution in [2.24, 2.45) is 5.92 Å². The molecule has 1 N–H and O–H groups in total. The Kier molecular flexibility index (Phi) is 6.10. The Bertz CT molecular complexity index is 547. The van der Waals surface area contributed by atoms with Crippen LogP contribution in [0.15, 0.2) is 24.3 Å². The topological polar surface area (TPSA) is 58.6 Å². The number of amides is 2. The van der Waals surface area contributed by atoms with Crippen LogP contribution in [0.3, 0.4) is 0 Å². The summed E-state index contributed by atoms with van der Waals surface area (Å²) in [6, 6.07) is 6.18. The highest BCUT2D eigenvalue weighted by Gasteiger charge is 2.34. The van der Waals surface area contributed by atoms with Crippen molar-refractivity contribution < 1.29 is 18.7 Å². The van der Waals surface area contributed by atoms with Gasteiger partial charge in [-0.25, -0.2) is 4.39 Å². The van der Waals surface area contributed by atoms with Crippen molar-refractivity contribution >= 4 is 11.8 Å². The van der Waals surface area contributed by atoms with E-state index in [0.717, 1.165) is 5.56 Å². The highest BCUT2D eigenvalue weighted by atomic mass is 19.1. The van der Waals surface area contributed by atoms with Gasteiger partial charge < -0.3 is 15.0 Å². The monoisotopic (exact) mass is 322 g/mol.